The minimum Gasteiger partial charge on any atom is -0.341 e. The lowest BCUT2D eigenvalue weighted by Gasteiger charge is -2.34. The summed E-state index contributed by atoms with van der Waals surface area (Å²) in [7, 11) is 0. The molecule has 0 aliphatic carbocycles. The van der Waals surface area contributed by atoms with Gasteiger partial charge in [-0.15, -0.1) is 12.4 Å². The number of alkyl halides is 3. The van der Waals surface area contributed by atoms with Crippen LogP contribution < -0.4 is 5.73 Å². The Hall–Kier alpha value is -1.02. The van der Waals surface area contributed by atoms with Crippen LogP contribution in [0, 0.1) is 5.92 Å². The first-order valence-corrected chi connectivity index (χ1v) is 6.61. The third-order valence-electron chi connectivity index (χ3n) is 3.36. The Balaban J connectivity index is 0.00000400. The van der Waals surface area contributed by atoms with Crippen molar-refractivity contribution in [1.29, 1.82) is 0 Å². The lowest BCUT2D eigenvalue weighted by molar-refractivity contribution is -0.164. The zero-order valence-electron chi connectivity index (χ0n) is 11.9. The fourth-order valence-electron chi connectivity index (χ4n) is 2.35. The van der Waals surface area contributed by atoms with Gasteiger partial charge in [-0.05, 0) is 19.8 Å². The van der Waals surface area contributed by atoms with Gasteiger partial charge < -0.3 is 15.5 Å². The van der Waals surface area contributed by atoms with Crippen molar-refractivity contribution in [3.8, 4) is 0 Å². The lowest BCUT2D eigenvalue weighted by atomic mass is 9.96. The molecular formula is C12H21ClF3N3O2. The van der Waals surface area contributed by atoms with Crippen LogP contribution in [0.1, 0.15) is 19.8 Å². The molecule has 21 heavy (non-hydrogen) atoms. The summed E-state index contributed by atoms with van der Waals surface area (Å²) in [5.74, 6) is -1.39. The first kappa shape index (κ1) is 20.0. The van der Waals surface area contributed by atoms with Gasteiger partial charge in [0.05, 0.1) is 12.5 Å². The number of nitrogens with zero attached hydrogens (tertiary/aromatic N) is 2. The van der Waals surface area contributed by atoms with Gasteiger partial charge in [0.2, 0.25) is 11.8 Å². The Bertz CT molecular complexity index is 366. The lowest BCUT2D eigenvalue weighted by Crippen LogP contribution is -2.49. The minimum absolute atomic E-state index is 0. The number of carbonyl (C=O) groups excluding carboxylic acids is 2. The molecule has 5 nitrogen and oxygen atoms in total. The largest absolute Gasteiger partial charge is 0.406 e. The van der Waals surface area contributed by atoms with Crippen molar-refractivity contribution in [2.45, 2.75) is 25.9 Å². The Morgan fingerprint density at radius 1 is 1.38 bits per heavy atom. The van der Waals surface area contributed by atoms with Crippen LogP contribution in [0.25, 0.3) is 0 Å². The van der Waals surface area contributed by atoms with Crippen LogP contribution in [0.15, 0.2) is 0 Å². The maximum atomic E-state index is 12.4. The van der Waals surface area contributed by atoms with Crippen molar-refractivity contribution in [3.05, 3.63) is 0 Å². The van der Waals surface area contributed by atoms with Crippen LogP contribution >= 0.6 is 12.4 Å². The molecule has 2 N–H and O–H groups in total. The van der Waals surface area contributed by atoms with Gasteiger partial charge in [-0.3, -0.25) is 9.59 Å². The average molecular weight is 332 g/mol. The van der Waals surface area contributed by atoms with Crippen molar-refractivity contribution in [2.24, 2.45) is 11.7 Å². The van der Waals surface area contributed by atoms with Gasteiger partial charge in [0.1, 0.15) is 6.54 Å². The summed E-state index contributed by atoms with van der Waals surface area (Å²) in [4.78, 5) is 25.9. The molecule has 0 aromatic rings. The van der Waals surface area contributed by atoms with Gasteiger partial charge in [-0.2, -0.15) is 13.2 Å². The Labute approximate surface area is 128 Å². The molecule has 0 aromatic carbocycles. The topological polar surface area (TPSA) is 66.6 Å². The van der Waals surface area contributed by atoms with Crippen LogP contribution in [0.4, 0.5) is 13.2 Å². The van der Waals surface area contributed by atoms with Gasteiger partial charge in [0, 0.05) is 19.6 Å². The molecule has 124 valence electrons. The maximum Gasteiger partial charge on any atom is 0.406 e. The summed E-state index contributed by atoms with van der Waals surface area (Å²) in [5, 5.41) is 0. The third kappa shape index (κ3) is 6.09. The van der Waals surface area contributed by atoms with Crippen molar-refractivity contribution in [3.63, 3.8) is 0 Å². The van der Waals surface area contributed by atoms with E-state index in [1.165, 1.54) is 11.8 Å². The van der Waals surface area contributed by atoms with Gasteiger partial charge >= 0.3 is 6.18 Å². The Kier molecular flexibility index (Phi) is 8.02. The molecule has 0 spiro atoms. The zero-order valence-corrected chi connectivity index (χ0v) is 12.7. The van der Waals surface area contributed by atoms with Crippen molar-refractivity contribution < 1.29 is 22.8 Å². The third-order valence-corrected chi connectivity index (χ3v) is 3.36. The van der Waals surface area contributed by atoms with Crippen LogP contribution in [-0.4, -0.2) is 60.5 Å². The number of halogens is 4. The number of likely N-dealkylation sites (tertiary alicyclic amines) is 1. The number of nitrogens with two attached hydrogens (primary N) is 1. The fourth-order valence-corrected chi connectivity index (χ4v) is 2.35. The minimum atomic E-state index is -4.41. The summed E-state index contributed by atoms with van der Waals surface area (Å²) >= 11 is 0. The second kappa shape index (κ2) is 8.43. The number of rotatable bonds is 4. The highest BCUT2D eigenvalue weighted by Gasteiger charge is 2.36. The highest BCUT2D eigenvalue weighted by molar-refractivity contribution is 5.85. The molecule has 1 heterocycles. The maximum absolute atomic E-state index is 12.4. The molecule has 1 atom stereocenters. The monoisotopic (exact) mass is 331 g/mol. The number of hydrogen-bond donors (Lipinski definition) is 1. The van der Waals surface area contributed by atoms with Gasteiger partial charge in [-0.1, -0.05) is 0 Å². The van der Waals surface area contributed by atoms with Crippen molar-refractivity contribution in [1.82, 2.24) is 9.80 Å². The molecule has 0 saturated carbocycles. The van der Waals surface area contributed by atoms with Crippen LogP contribution in [-0.2, 0) is 9.59 Å². The van der Waals surface area contributed by atoms with E-state index >= 15 is 0 Å². The predicted octanol–water partition coefficient (Wildman–Crippen LogP) is 1.02. The van der Waals surface area contributed by atoms with Crippen LogP contribution in [0.5, 0.6) is 0 Å². The summed E-state index contributed by atoms with van der Waals surface area (Å²) in [6.45, 7) is 0.772. The summed E-state index contributed by atoms with van der Waals surface area (Å²) in [6, 6.07) is 0. The molecule has 0 bridgehead atoms. The fraction of sp³-hybridized carbons (Fsp3) is 0.833. The van der Waals surface area contributed by atoms with Crippen LogP contribution in [0.3, 0.4) is 0 Å². The standard InChI is InChI=1S/C12H20F3N3O2.ClH/c1-2-17(8-12(13,14)15)11(20)9-4-3-5-18(7-9)10(19)6-16;/h9H,2-8,16H2,1H3;1H. The molecular weight excluding hydrogens is 311 g/mol. The molecule has 2 amide bonds. The first-order chi connectivity index (χ1) is 9.28. The molecule has 1 saturated heterocycles. The number of piperidine rings is 1. The van der Waals surface area contributed by atoms with E-state index in [9.17, 15) is 22.8 Å². The first-order valence-electron chi connectivity index (χ1n) is 6.61. The van der Waals surface area contributed by atoms with E-state index in [0.717, 1.165) is 4.90 Å². The van der Waals surface area contributed by atoms with E-state index in [1.807, 2.05) is 0 Å². The number of amides is 2. The molecule has 0 aromatic heterocycles. The summed E-state index contributed by atoms with van der Waals surface area (Å²) in [6.07, 6.45) is -3.31. The second-order valence-corrected chi connectivity index (χ2v) is 4.85. The molecule has 1 fully saturated rings. The average Bonchev–Trinajstić information content (AvgIpc) is 2.42. The van der Waals surface area contributed by atoms with Gasteiger partial charge in [0.25, 0.3) is 0 Å². The normalized spacial score (nSPS) is 18.9. The predicted molar refractivity (Wildman–Crippen MR) is 73.9 cm³/mol. The van der Waals surface area contributed by atoms with E-state index in [4.69, 9.17) is 5.73 Å². The summed E-state index contributed by atoms with van der Waals surface area (Å²) in [5.41, 5.74) is 5.26. The zero-order chi connectivity index (χ0) is 15.3. The quantitative estimate of drug-likeness (QED) is 0.836. The van der Waals surface area contributed by atoms with Crippen molar-refractivity contribution in [2.75, 3.05) is 32.7 Å². The number of carbonyl (C=O) groups is 2. The Morgan fingerprint density at radius 2 is 2.00 bits per heavy atom. The molecule has 0 radical (unpaired) electrons. The van der Waals surface area contributed by atoms with E-state index in [0.29, 0.717) is 19.4 Å². The van der Waals surface area contributed by atoms with E-state index < -0.39 is 24.5 Å². The summed E-state index contributed by atoms with van der Waals surface area (Å²) < 4.78 is 37.2. The van der Waals surface area contributed by atoms with Gasteiger partial charge in [-0.25, -0.2) is 0 Å². The Morgan fingerprint density at radius 3 is 2.48 bits per heavy atom. The molecule has 1 rings (SSSR count). The van der Waals surface area contributed by atoms with E-state index in [-0.39, 0.29) is 37.9 Å². The smallest absolute Gasteiger partial charge is 0.341 e. The SMILES string of the molecule is CCN(CC(F)(F)F)C(=O)C1CCCN(C(=O)CN)C1.Cl. The highest BCUT2D eigenvalue weighted by Crippen LogP contribution is 2.22. The van der Waals surface area contributed by atoms with Crippen LogP contribution in [0.2, 0.25) is 0 Å². The molecule has 1 unspecified atom stereocenters. The molecule has 9 heteroatoms. The molecule has 1 aliphatic rings. The molecule has 1 aliphatic heterocycles. The van der Waals surface area contributed by atoms with Gasteiger partial charge in [0.15, 0.2) is 0 Å². The number of hydrogen-bond acceptors (Lipinski definition) is 3. The van der Waals surface area contributed by atoms with E-state index in [1.54, 1.807) is 0 Å². The van der Waals surface area contributed by atoms with E-state index in [2.05, 4.69) is 0 Å². The second-order valence-electron chi connectivity index (χ2n) is 4.85. The highest BCUT2D eigenvalue weighted by atomic mass is 35.5. The van der Waals surface area contributed by atoms with Crippen molar-refractivity contribution >= 4 is 24.2 Å².